The van der Waals surface area contributed by atoms with Gasteiger partial charge in [0.2, 0.25) is 11.8 Å². The second-order valence-electron chi connectivity index (χ2n) is 8.60. The molecule has 2 bridgehead atoms. The van der Waals surface area contributed by atoms with E-state index < -0.39 is 29.9 Å². The maximum atomic E-state index is 13.3. The number of carbonyl (C=O) groups is 4. The smallest absolute Gasteiger partial charge is 0.338 e. The van der Waals surface area contributed by atoms with E-state index in [9.17, 15) is 19.2 Å². The number of ketones is 1. The van der Waals surface area contributed by atoms with Crippen molar-refractivity contribution in [3.8, 4) is 5.75 Å². The van der Waals surface area contributed by atoms with Crippen LogP contribution in [0.5, 0.6) is 5.75 Å². The largest absolute Gasteiger partial charge is 0.490 e. The molecule has 11 nitrogen and oxygen atoms in total. The Kier molecular flexibility index (Phi) is 11.4. The summed E-state index contributed by atoms with van der Waals surface area (Å²) >= 11 is 0. The molecule has 0 unspecified atom stereocenters. The first-order chi connectivity index (χ1) is 17.2. The highest BCUT2D eigenvalue weighted by molar-refractivity contribution is 5.93. The lowest BCUT2D eigenvalue weighted by Gasteiger charge is -2.23. The van der Waals surface area contributed by atoms with E-state index in [1.165, 1.54) is 14.0 Å². The van der Waals surface area contributed by atoms with Crippen molar-refractivity contribution in [3.63, 3.8) is 0 Å². The van der Waals surface area contributed by atoms with Crippen LogP contribution >= 0.6 is 0 Å². The van der Waals surface area contributed by atoms with Crippen LogP contribution in [0.4, 0.5) is 0 Å². The second kappa shape index (κ2) is 14.5. The summed E-state index contributed by atoms with van der Waals surface area (Å²) in [5.74, 6) is -1.75. The average molecular weight is 503 g/mol. The van der Waals surface area contributed by atoms with E-state index in [1.807, 2.05) is 12.1 Å². The van der Waals surface area contributed by atoms with Crippen molar-refractivity contribution in [2.24, 2.45) is 17.4 Å². The van der Waals surface area contributed by atoms with E-state index in [2.05, 4.69) is 15.6 Å². The molecule has 2 amide bonds. The fraction of sp³-hybridized carbons (Fsp3) is 0.480. The number of hydrogen-bond acceptors (Lipinski definition) is 6. The van der Waals surface area contributed by atoms with Crippen molar-refractivity contribution < 1.29 is 33.6 Å². The van der Waals surface area contributed by atoms with Crippen molar-refractivity contribution >= 4 is 29.5 Å². The number of nitrogens with one attached hydrogen (secondary N) is 3. The Morgan fingerprint density at radius 1 is 1.17 bits per heavy atom. The van der Waals surface area contributed by atoms with Gasteiger partial charge in [0.1, 0.15) is 18.4 Å². The van der Waals surface area contributed by atoms with E-state index in [0.717, 1.165) is 5.56 Å². The maximum absolute atomic E-state index is 13.3. The van der Waals surface area contributed by atoms with E-state index in [-0.39, 0.29) is 43.5 Å². The summed E-state index contributed by atoms with van der Waals surface area (Å²) in [5, 5.41) is 5.41. The van der Waals surface area contributed by atoms with Crippen LogP contribution in [0.1, 0.15) is 38.2 Å². The Bertz CT molecular complexity index is 972. The number of rotatable bonds is 6. The number of guanidine groups is 1. The monoisotopic (exact) mass is 502 g/mol. The molecule has 11 heteroatoms. The van der Waals surface area contributed by atoms with E-state index in [1.54, 1.807) is 24.3 Å². The minimum absolute atomic E-state index is 0.0581. The first kappa shape index (κ1) is 28.3. The Balaban J connectivity index is 2.34. The number of hydrogen-bond donors (Lipinski definition) is 5. The number of esters is 1. The van der Waals surface area contributed by atoms with Gasteiger partial charge in [-0.15, -0.1) is 0 Å². The molecule has 0 aliphatic carbocycles. The molecular formula is C25H36N5O6+. The normalized spacial score (nSPS) is 21.9. The topological polar surface area (TPSA) is 177 Å². The third-order valence-electron chi connectivity index (χ3n) is 5.69. The molecule has 3 atom stereocenters. The third-order valence-corrected chi connectivity index (χ3v) is 5.69. The Labute approximate surface area is 210 Å². The summed E-state index contributed by atoms with van der Waals surface area (Å²) < 4.78 is 10.5. The van der Waals surface area contributed by atoms with Gasteiger partial charge in [-0.1, -0.05) is 24.3 Å². The van der Waals surface area contributed by atoms with Crippen molar-refractivity contribution in [3.05, 3.63) is 42.0 Å². The SMILES string of the molecule is COC(=O)[C@@H]1C/C=C\COc2ccc(cc2)C[C@H](NC(C)=O)C(=O)C[C@@H](CCC[NH+]=C(N)N)C(=O)N1. The highest BCUT2D eigenvalue weighted by atomic mass is 16.5. The summed E-state index contributed by atoms with van der Waals surface area (Å²) in [6, 6.07) is 5.49. The van der Waals surface area contributed by atoms with Gasteiger partial charge >= 0.3 is 11.9 Å². The molecule has 0 radical (unpaired) electrons. The van der Waals surface area contributed by atoms with Gasteiger partial charge in [0.25, 0.3) is 0 Å². The highest BCUT2D eigenvalue weighted by Gasteiger charge is 2.30. The number of Topliss-reactive ketones (excluding diaryl/α,β-unsaturated/α-hetero) is 1. The predicted octanol–water partition coefficient (Wildman–Crippen LogP) is -1.56. The molecule has 0 saturated carbocycles. The van der Waals surface area contributed by atoms with Gasteiger partial charge in [-0.3, -0.25) is 30.8 Å². The molecule has 2 aliphatic heterocycles. The highest BCUT2D eigenvalue weighted by Crippen LogP contribution is 2.18. The summed E-state index contributed by atoms with van der Waals surface area (Å²) in [4.78, 5) is 53.4. The molecule has 7 N–H and O–H groups in total. The van der Waals surface area contributed by atoms with Crippen LogP contribution in [0.25, 0.3) is 0 Å². The van der Waals surface area contributed by atoms with Gasteiger partial charge < -0.3 is 20.1 Å². The Morgan fingerprint density at radius 2 is 1.89 bits per heavy atom. The van der Waals surface area contributed by atoms with Crippen LogP contribution in [0, 0.1) is 5.92 Å². The van der Waals surface area contributed by atoms with Crippen molar-refractivity contribution in [2.45, 2.75) is 51.1 Å². The number of amides is 2. The van der Waals surface area contributed by atoms with Gasteiger partial charge in [-0.05, 0) is 43.4 Å². The lowest BCUT2D eigenvalue weighted by Crippen LogP contribution is -2.78. The number of carbonyl (C=O) groups excluding carboxylic acids is 4. The average Bonchev–Trinajstić information content (AvgIpc) is 2.84. The van der Waals surface area contributed by atoms with Crippen LogP contribution in [-0.2, 0) is 30.3 Å². The second-order valence-corrected chi connectivity index (χ2v) is 8.60. The summed E-state index contributed by atoms with van der Waals surface area (Å²) in [7, 11) is 1.24. The van der Waals surface area contributed by atoms with Crippen molar-refractivity contribution in [1.29, 1.82) is 0 Å². The standard InChI is InChI=1S/C25H35N5O6/c1-16(31)29-21-14-17-8-10-19(11-9-17)36-13-4-3-7-20(24(34)35-2)30-23(33)18(15-22(21)32)6-5-12-28-25(26)27/h3-4,8-11,18,20-21H,5-7,12-15H2,1-2H3,(H,29,31)(H,30,33)(H4,26,27,28)/p+1/b4-3-/t18-,20+,21+/m1/s1. The molecule has 2 aliphatic rings. The van der Waals surface area contributed by atoms with Crippen LogP contribution in [0.2, 0.25) is 0 Å². The molecular weight excluding hydrogens is 466 g/mol. The molecule has 1 aromatic carbocycles. The van der Waals surface area contributed by atoms with Gasteiger partial charge in [0.15, 0.2) is 5.78 Å². The number of ether oxygens (including phenoxy) is 2. The van der Waals surface area contributed by atoms with Crippen molar-refractivity contribution in [1.82, 2.24) is 10.6 Å². The minimum atomic E-state index is -0.928. The van der Waals surface area contributed by atoms with Crippen LogP contribution in [-0.4, -0.2) is 61.9 Å². The maximum Gasteiger partial charge on any atom is 0.338 e. The van der Waals surface area contributed by atoms with Gasteiger partial charge in [-0.2, -0.15) is 0 Å². The molecule has 36 heavy (non-hydrogen) atoms. The molecule has 2 heterocycles. The zero-order valence-corrected chi connectivity index (χ0v) is 20.8. The van der Waals surface area contributed by atoms with E-state index >= 15 is 0 Å². The van der Waals surface area contributed by atoms with Crippen molar-refractivity contribution in [2.75, 3.05) is 20.3 Å². The predicted molar refractivity (Wildman–Crippen MR) is 133 cm³/mol. The summed E-state index contributed by atoms with van der Waals surface area (Å²) in [5.41, 5.74) is 11.7. The Morgan fingerprint density at radius 3 is 2.53 bits per heavy atom. The zero-order valence-electron chi connectivity index (χ0n) is 20.8. The first-order valence-electron chi connectivity index (χ1n) is 11.9. The lowest BCUT2D eigenvalue weighted by atomic mass is 9.90. The number of benzene rings is 1. The number of methoxy groups -OCH3 is 1. The fourth-order valence-corrected chi connectivity index (χ4v) is 3.83. The fourth-order valence-electron chi connectivity index (χ4n) is 3.83. The summed E-state index contributed by atoms with van der Waals surface area (Å²) in [6.07, 6.45) is 4.64. The number of fused-ring (bicyclic) bond motifs is 13. The minimum Gasteiger partial charge on any atom is -0.490 e. The number of nitrogens with two attached hydrogens (primary N) is 2. The van der Waals surface area contributed by atoms with E-state index in [0.29, 0.717) is 25.1 Å². The first-order valence-corrected chi connectivity index (χ1v) is 11.9. The van der Waals surface area contributed by atoms with Crippen LogP contribution in [0.3, 0.4) is 0 Å². The quantitative estimate of drug-likeness (QED) is 0.102. The van der Waals surface area contributed by atoms with Crippen LogP contribution < -0.4 is 31.8 Å². The van der Waals surface area contributed by atoms with Crippen LogP contribution in [0.15, 0.2) is 36.4 Å². The van der Waals surface area contributed by atoms with Gasteiger partial charge in [0.05, 0.1) is 19.7 Å². The molecule has 0 aromatic heterocycles. The molecule has 1 aromatic rings. The molecule has 0 spiro atoms. The van der Waals surface area contributed by atoms with E-state index in [4.69, 9.17) is 20.9 Å². The molecule has 3 rings (SSSR count). The molecule has 196 valence electrons. The Hall–Kier alpha value is -3.89. The van der Waals surface area contributed by atoms with Gasteiger partial charge in [-0.25, -0.2) is 4.79 Å². The lowest BCUT2D eigenvalue weighted by molar-refractivity contribution is -0.459. The zero-order chi connectivity index (χ0) is 26.5. The summed E-state index contributed by atoms with van der Waals surface area (Å²) in [6.45, 7) is 2.01. The third kappa shape index (κ3) is 9.77. The van der Waals surface area contributed by atoms with Gasteiger partial charge in [0, 0.05) is 19.3 Å². The molecule has 0 fully saturated rings. The molecule has 0 saturated heterocycles.